The number of nitrogens with one attached hydrogen (secondary N) is 3. The van der Waals surface area contributed by atoms with Crippen molar-refractivity contribution in [3.8, 4) is 17.1 Å². The Morgan fingerprint density at radius 3 is 2.85 bits per heavy atom. The highest BCUT2D eigenvalue weighted by molar-refractivity contribution is 7.22. The highest BCUT2D eigenvalue weighted by Crippen LogP contribution is 2.30. The number of aromatic amines is 1. The second kappa shape index (κ2) is 6.58. The predicted molar refractivity (Wildman–Crippen MR) is 98.5 cm³/mol. The highest BCUT2D eigenvalue weighted by Gasteiger charge is 2.11. The van der Waals surface area contributed by atoms with Crippen LogP contribution in [-0.4, -0.2) is 36.7 Å². The molecule has 0 spiro atoms. The molecule has 2 amide bonds. The minimum atomic E-state index is -0.468. The molecule has 4 aromatic rings. The van der Waals surface area contributed by atoms with Crippen LogP contribution in [0.2, 0.25) is 5.02 Å². The van der Waals surface area contributed by atoms with Crippen LogP contribution in [0.1, 0.15) is 0 Å². The van der Waals surface area contributed by atoms with Crippen LogP contribution < -0.4 is 10.6 Å². The summed E-state index contributed by atoms with van der Waals surface area (Å²) in [4.78, 5) is 16.5. The Labute approximate surface area is 155 Å². The zero-order chi connectivity index (χ0) is 18.1. The average Bonchev–Trinajstić information content (AvgIpc) is 3.26. The second-order valence-corrected chi connectivity index (χ2v) is 6.62. The number of phenols is 1. The summed E-state index contributed by atoms with van der Waals surface area (Å²) >= 11 is 7.14. The lowest BCUT2D eigenvalue weighted by atomic mass is 10.2. The van der Waals surface area contributed by atoms with Crippen molar-refractivity contribution in [1.82, 2.24) is 25.6 Å². The van der Waals surface area contributed by atoms with Gasteiger partial charge in [0.1, 0.15) is 5.75 Å². The van der Waals surface area contributed by atoms with E-state index in [2.05, 4.69) is 36.2 Å². The first-order valence-corrected chi connectivity index (χ1v) is 8.49. The first-order chi connectivity index (χ1) is 12.6. The van der Waals surface area contributed by atoms with Crippen molar-refractivity contribution >= 4 is 50.0 Å². The number of hydrogen-bond acceptors (Lipinski definition) is 7. The van der Waals surface area contributed by atoms with Crippen LogP contribution in [0.5, 0.6) is 5.75 Å². The summed E-state index contributed by atoms with van der Waals surface area (Å²) in [5, 5.41) is 29.1. The second-order valence-electron chi connectivity index (χ2n) is 5.18. The first kappa shape index (κ1) is 16.2. The number of amides is 2. The molecule has 0 aliphatic carbocycles. The summed E-state index contributed by atoms with van der Waals surface area (Å²) in [6.45, 7) is 0. The number of thiazole rings is 1. The van der Waals surface area contributed by atoms with E-state index in [9.17, 15) is 9.90 Å². The zero-order valence-corrected chi connectivity index (χ0v) is 14.5. The van der Waals surface area contributed by atoms with Crippen molar-refractivity contribution in [2.24, 2.45) is 0 Å². The molecule has 2 aromatic carbocycles. The minimum Gasteiger partial charge on any atom is -0.506 e. The topological polar surface area (TPSA) is 129 Å². The van der Waals surface area contributed by atoms with Crippen molar-refractivity contribution in [3.05, 3.63) is 41.4 Å². The summed E-state index contributed by atoms with van der Waals surface area (Å²) in [7, 11) is 0. The third kappa shape index (κ3) is 3.27. The van der Waals surface area contributed by atoms with E-state index in [0.29, 0.717) is 16.6 Å². The number of anilines is 2. The first-order valence-electron chi connectivity index (χ1n) is 7.29. The van der Waals surface area contributed by atoms with Gasteiger partial charge in [0.05, 0.1) is 15.2 Å². The quantitative estimate of drug-likeness (QED) is 0.398. The van der Waals surface area contributed by atoms with Gasteiger partial charge in [0.15, 0.2) is 5.13 Å². The summed E-state index contributed by atoms with van der Waals surface area (Å²) < 4.78 is 0.871. The molecule has 0 saturated heterocycles. The number of phenolic OH excluding ortho intramolecular Hbond substituents is 1. The lowest BCUT2D eigenvalue weighted by Crippen LogP contribution is -2.19. The molecule has 0 bridgehead atoms. The van der Waals surface area contributed by atoms with Crippen LogP contribution in [0, 0.1) is 0 Å². The number of rotatable bonds is 3. The third-order valence-electron chi connectivity index (χ3n) is 3.42. The van der Waals surface area contributed by atoms with Gasteiger partial charge in [-0.2, -0.15) is 5.21 Å². The molecule has 0 radical (unpaired) electrons. The summed E-state index contributed by atoms with van der Waals surface area (Å²) in [6.07, 6.45) is 0. The van der Waals surface area contributed by atoms with Crippen LogP contribution in [0.3, 0.4) is 0 Å². The van der Waals surface area contributed by atoms with Crippen molar-refractivity contribution in [2.75, 3.05) is 10.6 Å². The molecular formula is C15H10ClN7O2S. The minimum absolute atomic E-state index is 0.0544. The van der Waals surface area contributed by atoms with Crippen molar-refractivity contribution in [3.63, 3.8) is 0 Å². The zero-order valence-electron chi connectivity index (χ0n) is 12.9. The van der Waals surface area contributed by atoms with Gasteiger partial charge < -0.3 is 10.4 Å². The third-order valence-corrected chi connectivity index (χ3v) is 4.65. The molecule has 9 nitrogen and oxygen atoms in total. The average molecular weight is 388 g/mol. The molecule has 2 heterocycles. The predicted octanol–water partition coefficient (Wildman–Crippen LogP) is 3.48. The molecule has 11 heteroatoms. The normalized spacial score (nSPS) is 10.8. The largest absolute Gasteiger partial charge is 0.506 e. The van der Waals surface area contributed by atoms with E-state index in [1.165, 1.54) is 29.5 Å². The number of carbonyl (C=O) groups is 1. The van der Waals surface area contributed by atoms with Gasteiger partial charge in [-0.1, -0.05) is 22.9 Å². The molecular weight excluding hydrogens is 378 g/mol. The van der Waals surface area contributed by atoms with Crippen LogP contribution in [0.4, 0.5) is 15.6 Å². The molecule has 0 fully saturated rings. The van der Waals surface area contributed by atoms with Gasteiger partial charge >= 0.3 is 6.03 Å². The Bertz CT molecular complexity index is 1100. The van der Waals surface area contributed by atoms with E-state index in [4.69, 9.17) is 11.6 Å². The Hall–Kier alpha value is -3.24. The highest BCUT2D eigenvalue weighted by atomic mass is 35.5. The summed E-state index contributed by atoms with van der Waals surface area (Å²) in [5.74, 6) is 0.429. The van der Waals surface area contributed by atoms with Crippen LogP contribution >= 0.6 is 22.9 Å². The monoisotopic (exact) mass is 387 g/mol. The molecule has 0 atom stereocenters. The van der Waals surface area contributed by atoms with E-state index >= 15 is 0 Å². The number of hydrogen-bond donors (Lipinski definition) is 4. The fraction of sp³-hybridized carbons (Fsp3) is 0. The van der Waals surface area contributed by atoms with E-state index in [-0.39, 0.29) is 10.8 Å². The van der Waals surface area contributed by atoms with Gasteiger partial charge in [-0.25, -0.2) is 9.78 Å². The SMILES string of the molecule is O=C(Nc1ccc(O)c(Cl)c1)Nc1nc2ccc(-c3nn[nH]n3)cc2s1. The van der Waals surface area contributed by atoms with Gasteiger partial charge in [-0.15, -0.1) is 10.2 Å². The van der Waals surface area contributed by atoms with Crippen LogP contribution in [0.15, 0.2) is 36.4 Å². The molecule has 2 aromatic heterocycles. The Morgan fingerprint density at radius 1 is 1.19 bits per heavy atom. The van der Waals surface area contributed by atoms with Crippen molar-refractivity contribution in [2.45, 2.75) is 0 Å². The molecule has 26 heavy (non-hydrogen) atoms. The Morgan fingerprint density at radius 2 is 2.08 bits per heavy atom. The maximum atomic E-state index is 12.1. The van der Waals surface area contributed by atoms with Gasteiger partial charge in [0, 0.05) is 11.3 Å². The fourth-order valence-electron chi connectivity index (χ4n) is 2.25. The number of fused-ring (bicyclic) bond motifs is 1. The Kier molecular flexibility index (Phi) is 4.11. The number of aromatic nitrogens is 5. The number of benzene rings is 2. The number of halogens is 1. The number of tetrazole rings is 1. The lowest BCUT2D eigenvalue weighted by molar-refractivity contribution is 0.262. The van der Waals surface area contributed by atoms with E-state index in [1.807, 2.05) is 18.2 Å². The Balaban J connectivity index is 1.51. The van der Waals surface area contributed by atoms with Crippen LogP contribution in [0.25, 0.3) is 21.6 Å². The summed E-state index contributed by atoms with van der Waals surface area (Å²) in [5.41, 5.74) is 1.99. The van der Waals surface area contributed by atoms with Gasteiger partial charge in [0.2, 0.25) is 5.82 Å². The molecule has 0 unspecified atom stereocenters. The molecule has 0 aliphatic rings. The standard InChI is InChI=1S/C15H10ClN7O2S/c16-9-6-8(2-4-11(9)24)17-14(25)19-15-18-10-3-1-7(5-12(10)26-15)13-20-22-23-21-13/h1-6,24H,(H2,17,18,19,25)(H,20,21,22,23). The number of carbonyl (C=O) groups excluding carboxylic acids is 1. The van der Waals surface area contributed by atoms with Crippen molar-refractivity contribution in [1.29, 1.82) is 0 Å². The van der Waals surface area contributed by atoms with Gasteiger partial charge in [-0.3, -0.25) is 5.32 Å². The number of urea groups is 1. The van der Waals surface area contributed by atoms with Gasteiger partial charge in [-0.05, 0) is 41.6 Å². The van der Waals surface area contributed by atoms with E-state index in [1.54, 1.807) is 0 Å². The lowest BCUT2D eigenvalue weighted by Gasteiger charge is -2.06. The van der Waals surface area contributed by atoms with Crippen molar-refractivity contribution < 1.29 is 9.90 Å². The maximum absolute atomic E-state index is 12.1. The maximum Gasteiger partial charge on any atom is 0.325 e. The molecule has 0 saturated carbocycles. The smallest absolute Gasteiger partial charge is 0.325 e. The molecule has 0 aliphatic heterocycles. The van der Waals surface area contributed by atoms with Gasteiger partial charge in [0.25, 0.3) is 0 Å². The fourth-order valence-corrected chi connectivity index (χ4v) is 3.33. The number of H-pyrrole nitrogens is 1. The summed E-state index contributed by atoms with van der Waals surface area (Å²) in [6, 6.07) is 9.44. The molecule has 130 valence electrons. The number of nitrogens with zero attached hydrogens (tertiary/aromatic N) is 4. The number of aromatic hydroxyl groups is 1. The molecule has 4 rings (SSSR count). The van der Waals surface area contributed by atoms with E-state index in [0.717, 1.165) is 15.8 Å². The molecule has 4 N–H and O–H groups in total. The van der Waals surface area contributed by atoms with E-state index < -0.39 is 6.03 Å². The van der Waals surface area contributed by atoms with Crippen LogP contribution in [-0.2, 0) is 0 Å².